The normalized spacial score (nSPS) is 34.7. The average molecular weight is 392 g/mol. The molecule has 0 amide bonds. The van der Waals surface area contributed by atoms with Gasteiger partial charge in [0.2, 0.25) is 0 Å². The van der Waals surface area contributed by atoms with Gasteiger partial charge in [-0.15, -0.1) is 0 Å². The summed E-state index contributed by atoms with van der Waals surface area (Å²) in [6.07, 6.45) is 7.52. The molecule has 3 aliphatic carbocycles. The third-order valence-corrected chi connectivity index (χ3v) is 9.66. The summed E-state index contributed by atoms with van der Waals surface area (Å²) in [5, 5.41) is 0. The molecule has 1 aromatic carbocycles. The van der Waals surface area contributed by atoms with Gasteiger partial charge >= 0.3 is 10.3 Å². The fraction of sp³-hybridized carbons (Fsp3) is 0.727. The molecule has 5 heteroatoms. The van der Waals surface area contributed by atoms with Crippen LogP contribution in [0.15, 0.2) is 18.2 Å². The lowest BCUT2D eigenvalue weighted by Crippen LogP contribution is -2.45. The lowest BCUT2D eigenvalue weighted by Gasteiger charge is -2.53. The summed E-state index contributed by atoms with van der Waals surface area (Å²) in [5.74, 6) is 2.66. The van der Waals surface area contributed by atoms with E-state index < -0.39 is 10.3 Å². The van der Waals surface area contributed by atoms with Crippen LogP contribution in [-0.2, 0) is 16.7 Å². The molecule has 150 valence electrons. The molecule has 4 nitrogen and oxygen atoms in total. The number of nitrogens with zero attached hydrogens (tertiary/aromatic N) is 1. The van der Waals surface area contributed by atoms with Crippen molar-refractivity contribution < 1.29 is 12.6 Å². The van der Waals surface area contributed by atoms with Gasteiger partial charge in [-0.05, 0) is 90.4 Å². The molecule has 27 heavy (non-hydrogen) atoms. The molecule has 2 fully saturated rings. The van der Waals surface area contributed by atoms with E-state index in [-0.39, 0.29) is 0 Å². The monoisotopic (exact) mass is 391 g/mol. The van der Waals surface area contributed by atoms with E-state index in [0.717, 1.165) is 22.6 Å². The molecule has 1 aromatic rings. The number of benzene rings is 1. The molecule has 0 N–H and O–H groups in total. The molecule has 0 bridgehead atoms. The van der Waals surface area contributed by atoms with Crippen LogP contribution in [0.3, 0.4) is 0 Å². The summed E-state index contributed by atoms with van der Waals surface area (Å²) in [6.45, 7) is 7.48. The van der Waals surface area contributed by atoms with Crippen LogP contribution in [0.4, 0.5) is 0 Å². The van der Waals surface area contributed by atoms with Gasteiger partial charge in [0.15, 0.2) is 0 Å². The van der Waals surface area contributed by atoms with E-state index in [2.05, 4.69) is 26.8 Å². The smallest absolute Gasteiger partial charge is 0.371 e. The number of rotatable bonds is 3. The number of hydrogen-bond donors (Lipinski definition) is 0. The van der Waals surface area contributed by atoms with E-state index in [1.807, 2.05) is 12.1 Å². The maximum atomic E-state index is 12.0. The first-order valence-corrected chi connectivity index (χ1v) is 11.7. The minimum atomic E-state index is -3.70. The average Bonchev–Trinajstić information content (AvgIpc) is 2.84. The quantitative estimate of drug-likeness (QED) is 0.747. The minimum absolute atomic E-state index is 0.434. The van der Waals surface area contributed by atoms with Crippen LogP contribution in [0.25, 0.3) is 0 Å². The summed E-state index contributed by atoms with van der Waals surface area (Å²) in [4.78, 5) is 0. The molecule has 0 spiro atoms. The van der Waals surface area contributed by atoms with Crippen molar-refractivity contribution >= 4 is 10.3 Å². The summed E-state index contributed by atoms with van der Waals surface area (Å²) < 4.78 is 30.4. The zero-order valence-corrected chi connectivity index (χ0v) is 18.1. The van der Waals surface area contributed by atoms with E-state index >= 15 is 0 Å². The van der Waals surface area contributed by atoms with Crippen LogP contribution in [0, 0.1) is 22.7 Å². The predicted molar refractivity (Wildman–Crippen MR) is 108 cm³/mol. The van der Waals surface area contributed by atoms with Gasteiger partial charge < -0.3 is 4.18 Å². The van der Waals surface area contributed by atoms with E-state index in [9.17, 15) is 8.42 Å². The minimum Gasteiger partial charge on any atom is -0.371 e. The fourth-order valence-electron chi connectivity index (χ4n) is 6.30. The first-order valence-electron chi connectivity index (χ1n) is 10.3. The Morgan fingerprint density at radius 2 is 1.81 bits per heavy atom. The summed E-state index contributed by atoms with van der Waals surface area (Å²) in [6, 6.07) is 5.93. The Morgan fingerprint density at radius 3 is 2.52 bits per heavy atom. The highest BCUT2D eigenvalue weighted by Crippen LogP contribution is 2.67. The Balaban J connectivity index is 1.61. The third-order valence-electron chi connectivity index (χ3n) is 8.36. The Labute approximate surface area is 164 Å². The van der Waals surface area contributed by atoms with Crippen molar-refractivity contribution in [2.45, 2.75) is 65.2 Å². The molecule has 0 aliphatic heterocycles. The maximum absolute atomic E-state index is 12.0. The number of fused-ring (bicyclic) bond motifs is 5. The first kappa shape index (κ1) is 19.3. The van der Waals surface area contributed by atoms with Gasteiger partial charge in [0.25, 0.3) is 0 Å². The summed E-state index contributed by atoms with van der Waals surface area (Å²) >= 11 is 0. The van der Waals surface area contributed by atoms with Crippen LogP contribution in [0.2, 0.25) is 0 Å². The molecule has 4 unspecified atom stereocenters. The highest BCUT2D eigenvalue weighted by molar-refractivity contribution is 7.84. The van der Waals surface area contributed by atoms with E-state index in [4.69, 9.17) is 4.18 Å². The summed E-state index contributed by atoms with van der Waals surface area (Å²) in [7, 11) is -0.728. The number of aryl methyl sites for hydroxylation is 1. The molecule has 4 atom stereocenters. The van der Waals surface area contributed by atoms with Gasteiger partial charge in [-0.1, -0.05) is 26.8 Å². The molecule has 0 radical (unpaired) electrons. The second kappa shape index (κ2) is 6.21. The van der Waals surface area contributed by atoms with Gasteiger partial charge in [0, 0.05) is 14.1 Å². The van der Waals surface area contributed by atoms with Gasteiger partial charge in [-0.3, -0.25) is 0 Å². The van der Waals surface area contributed by atoms with Crippen molar-refractivity contribution in [1.29, 1.82) is 0 Å². The van der Waals surface area contributed by atoms with Crippen molar-refractivity contribution in [2.24, 2.45) is 22.7 Å². The lowest BCUT2D eigenvalue weighted by atomic mass is 9.51. The van der Waals surface area contributed by atoms with Crippen molar-refractivity contribution in [2.75, 3.05) is 14.1 Å². The van der Waals surface area contributed by atoms with Gasteiger partial charge in [-0.25, -0.2) is 0 Å². The standard InChI is InChI=1S/C22H33NO3S/c1-21(2)12-11-20-19-8-6-15-14-16(26-27(24,25)23(4)5)7-9-17(15)18(19)10-13-22(20,21)3/h7,9,14,18-20H,6,8,10-13H2,1-5H3. The lowest BCUT2D eigenvalue weighted by molar-refractivity contribution is -0.00854. The van der Waals surface area contributed by atoms with Gasteiger partial charge in [0.1, 0.15) is 5.75 Å². The second-order valence-corrected chi connectivity index (χ2v) is 11.7. The van der Waals surface area contributed by atoms with Crippen LogP contribution in [-0.4, -0.2) is 26.8 Å². The second-order valence-electron chi connectivity index (χ2n) is 9.98. The molecular weight excluding hydrogens is 358 g/mol. The molecule has 0 aromatic heterocycles. The van der Waals surface area contributed by atoms with Crippen molar-refractivity contribution in [3.63, 3.8) is 0 Å². The number of hydrogen-bond acceptors (Lipinski definition) is 3. The van der Waals surface area contributed by atoms with Crippen LogP contribution in [0.5, 0.6) is 5.75 Å². The van der Waals surface area contributed by atoms with E-state index in [1.165, 1.54) is 57.3 Å². The molecule has 3 aliphatic rings. The highest BCUT2D eigenvalue weighted by Gasteiger charge is 2.57. The first-order chi connectivity index (χ1) is 12.6. The maximum Gasteiger partial charge on any atom is 0.384 e. The SMILES string of the molecule is CN(C)S(=O)(=O)Oc1ccc2c(c1)CCC1C2CCC2(C)C1CCC2(C)C. The zero-order valence-electron chi connectivity index (χ0n) is 17.3. The Kier molecular flexibility index (Phi) is 4.43. The van der Waals surface area contributed by atoms with Crippen LogP contribution in [0.1, 0.15) is 69.9 Å². The summed E-state index contributed by atoms with van der Waals surface area (Å²) in [5.41, 5.74) is 3.63. The van der Waals surface area contributed by atoms with Crippen molar-refractivity contribution in [3.05, 3.63) is 29.3 Å². The van der Waals surface area contributed by atoms with E-state index in [0.29, 0.717) is 22.5 Å². The molecule has 0 heterocycles. The molecule has 2 saturated carbocycles. The van der Waals surface area contributed by atoms with Crippen molar-refractivity contribution in [3.8, 4) is 5.75 Å². The van der Waals surface area contributed by atoms with Gasteiger partial charge in [-0.2, -0.15) is 12.7 Å². The van der Waals surface area contributed by atoms with Crippen LogP contribution >= 0.6 is 0 Å². The Hall–Kier alpha value is -1.07. The zero-order chi connectivity index (χ0) is 19.6. The molecule has 0 saturated heterocycles. The largest absolute Gasteiger partial charge is 0.384 e. The van der Waals surface area contributed by atoms with Crippen LogP contribution < -0.4 is 4.18 Å². The van der Waals surface area contributed by atoms with Gasteiger partial charge in [0.05, 0.1) is 0 Å². The fourth-order valence-corrected chi connectivity index (χ4v) is 6.80. The predicted octanol–water partition coefficient (Wildman–Crippen LogP) is 4.75. The highest BCUT2D eigenvalue weighted by atomic mass is 32.2. The Bertz CT molecular complexity index is 845. The molecular formula is C22H33NO3S. The Morgan fingerprint density at radius 1 is 1.07 bits per heavy atom. The van der Waals surface area contributed by atoms with Crippen molar-refractivity contribution in [1.82, 2.24) is 4.31 Å². The third kappa shape index (κ3) is 2.93. The topological polar surface area (TPSA) is 46.6 Å². The van der Waals surface area contributed by atoms with E-state index in [1.54, 1.807) is 0 Å². The molecule has 4 rings (SSSR count).